The van der Waals surface area contributed by atoms with Crippen LogP contribution >= 0.6 is 0 Å². The summed E-state index contributed by atoms with van der Waals surface area (Å²) < 4.78 is 0. The zero-order valence-corrected chi connectivity index (χ0v) is 9.46. The maximum atomic E-state index is 11.5. The number of carbonyl (C=O) groups excluding carboxylic acids is 1. The molecule has 1 heterocycles. The van der Waals surface area contributed by atoms with Crippen LogP contribution in [0.4, 0.5) is 0 Å². The van der Waals surface area contributed by atoms with E-state index in [-0.39, 0.29) is 12.2 Å². The minimum Gasteiger partial charge on any atom is -0.388 e. The number of hydrogen-bond donors (Lipinski definition) is 4. The van der Waals surface area contributed by atoms with Crippen LogP contribution in [-0.4, -0.2) is 33.1 Å². The fourth-order valence-corrected chi connectivity index (χ4v) is 1.29. The number of aromatic nitrogens is 2. The molecule has 0 aliphatic carbocycles. The molecule has 90 valence electrons. The van der Waals surface area contributed by atoms with Gasteiger partial charge in [0.2, 0.25) is 0 Å². The van der Waals surface area contributed by atoms with Gasteiger partial charge in [0.1, 0.15) is 5.69 Å². The van der Waals surface area contributed by atoms with Gasteiger partial charge in [0.05, 0.1) is 5.60 Å². The van der Waals surface area contributed by atoms with Crippen LogP contribution in [0.1, 0.15) is 37.2 Å². The quantitative estimate of drug-likeness (QED) is 0.569. The Balaban J connectivity index is 2.56. The van der Waals surface area contributed by atoms with E-state index in [1.54, 1.807) is 0 Å². The zero-order chi connectivity index (χ0) is 12.2. The van der Waals surface area contributed by atoms with Crippen molar-refractivity contribution >= 4 is 5.91 Å². The van der Waals surface area contributed by atoms with Gasteiger partial charge >= 0.3 is 5.69 Å². The highest BCUT2D eigenvalue weighted by atomic mass is 16.3. The van der Waals surface area contributed by atoms with Crippen LogP contribution in [0, 0.1) is 0 Å². The molecular formula is C10H17N3O3. The van der Waals surface area contributed by atoms with Gasteiger partial charge in [-0.25, -0.2) is 4.79 Å². The largest absolute Gasteiger partial charge is 0.388 e. The fourth-order valence-electron chi connectivity index (χ4n) is 1.29. The zero-order valence-electron chi connectivity index (χ0n) is 9.46. The molecule has 0 aliphatic heterocycles. The van der Waals surface area contributed by atoms with Gasteiger partial charge < -0.3 is 20.4 Å². The third kappa shape index (κ3) is 2.96. The molecule has 1 rings (SSSR count). The standard InChI is InChI=1S/C10H17N3O3/c1-3-10(16,4-2)6-12-8(14)7-5-11-9(15)13-7/h5,16H,3-4,6H2,1-2H3,(H,12,14)(H2,11,13,15). The summed E-state index contributed by atoms with van der Waals surface area (Å²) in [6.45, 7) is 3.88. The first-order chi connectivity index (χ1) is 7.50. The van der Waals surface area contributed by atoms with E-state index in [0.717, 1.165) is 0 Å². The van der Waals surface area contributed by atoms with Crippen LogP contribution < -0.4 is 11.0 Å². The minimum absolute atomic E-state index is 0.166. The van der Waals surface area contributed by atoms with Crippen LogP contribution in [0.3, 0.4) is 0 Å². The molecule has 0 aromatic carbocycles. The maximum Gasteiger partial charge on any atom is 0.323 e. The van der Waals surface area contributed by atoms with Crippen molar-refractivity contribution in [1.82, 2.24) is 15.3 Å². The lowest BCUT2D eigenvalue weighted by Crippen LogP contribution is -2.42. The average molecular weight is 227 g/mol. The number of rotatable bonds is 5. The summed E-state index contributed by atoms with van der Waals surface area (Å²) in [7, 11) is 0. The van der Waals surface area contributed by atoms with Gasteiger partial charge in [-0.3, -0.25) is 4.79 Å². The van der Waals surface area contributed by atoms with Crippen LogP contribution in [-0.2, 0) is 0 Å². The minimum atomic E-state index is -0.883. The number of imidazole rings is 1. The number of H-pyrrole nitrogens is 2. The Hall–Kier alpha value is -1.56. The topological polar surface area (TPSA) is 98.0 Å². The Morgan fingerprint density at radius 3 is 2.56 bits per heavy atom. The molecule has 0 aliphatic rings. The molecule has 0 fully saturated rings. The summed E-state index contributed by atoms with van der Waals surface area (Å²) in [6.07, 6.45) is 2.43. The summed E-state index contributed by atoms with van der Waals surface area (Å²) >= 11 is 0. The Kier molecular flexibility index (Phi) is 3.89. The van der Waals surface area contributed by atoms with Crippen LogP contribution in [0.25, 0.3) is 0 Å². The highest BCUT2D eigenvalue weighted by Gasteiger charge is 2.23. The molecule has 0 atom stereocenters. The van der Waals surface area contributed by atoms with Crippen LogP contribution in [0.15, 0.2) is 11.0 Å². The smallest absolute Gasteiger partial charge is 0.323 e. The van der Waals surface area contributed by atoms with Crippen molar-refractivity contribution in [2.75, 3.05) is 6.54 Å². The molecule has 4 N–H and O–H groups in total. The Bertz CT molecular complexity index is 403. The van der Waals surface area contributed by atoms with Gasteiger partial charge in [0, 0.05) is 12.7 Å². The van der Waals surface area contributed by atoms with Gasteiger partial charge in [-0.05, 0) is 12.8 Å². The van der Waals surface area contributed by atoms with Crippen molar-refractivity contribution in [2.24, 2.45) is 0 Å². The summed E-state index contributed by atoms with van der Waals surface area (Å²) in [5.41, 5.74) is -1.14. The van der Waals surface area contributed by atoms with Crippen molar-refractivity contribution in [1.29, 1.82) is 0 Å². The highest BCUT2D eigenvalue weighted by Crippen LogP contribution is 2.12. The second-order valence-electron chi connectivity index (χ2n) is 3.77. The van der Waals surface area contributed by atoms with E-state index < -0.39 is 17.2 Å². The first kappa shape index (κ1) is 12.5. The predicted octanol–water partition coefficient (Wildman–Crippen LogP) is -0.0161. The first-order valence-electron chi connectivity index (χ1n) is 5.29. The van der Waals surface area contributed by atoms with E-state index in [0.29, 0.717) is 12.8 Å². The number of amides is 1. The average Bonchev–Trinajstić information content (AvgIpc) is 2.72. The lowest BCUT2D eigenvalue weighted by molar-refractivity contribution is 0.0313. The van der Waals surface area contributed by atoms with Crippen molar-refractivity contribution in [3.8, 4) is 0 Å². The van der Waals surface area contributed by atoms with Crippen molar-refractivity contribution in [3.05, 3.63) is 22.4 Å². The molecule has 6 heteroatoms. The summed E-state index contributed by atoms with van der Waals surface area (Å²) in [6, 6.07) is 0. The molecule has 0 spiro atoms. The number of aromatic amines is 2. The summed E-state index contributed by atoms with van der Waals surface area (Å²) in [4.78, 5) is 27.0. The highest BCUT2D eigenvalue weighted by molar-refractivity contribution is 5.91. The van der Waals surface area contributed by atoms with Crippen molar-refractivity contribution < 1.29 is 9.90 Å². The molecule has 0 radical (unpaired) electrons. The second-order valence-corrected chi connectivity index (χ2v) is 3.77. The van der Waals surface area contributed by atoms with E-state index in [4.69, 9.17) is 0 Å². The van der Waals surface area contributed by atoms with E-state index >= 15 is 0 Å². The van der Waals surface area contributed by atoms with E-state index in [2.05, 4.69) is 15.3 Å². The lowest BCUT2D eigenvalue weighted by Gasteiger charge is -2.25. The molecular weight excluding hydrogens is 210 g/mol. The van der Waals surface area contributed by atoms with Gasteiger partial charge in [-0.2, -0.15) is 0 Å². The fraction of sp³-hybridized carbons (Fsp3) is 0.600. The predicted molar refractivity (Wildman–Crippen MR) is 59.3 cm³/mol. The van der Waals surface area contributed by atoms with E-state index in [1.807, 2.05) is 13.8 Å². The number of hydrogen-bond acceptors (Lipinski definition) is 3. The Labute approximate surface area is 93.1 Å². The number of carbonyl (C=O) groups is 1. The third-order valence-corrected chi connectivity index (χ3v) is 2.73. The summed E-state index contributed by atoms with van der Waals surface area (Å²) in [5, 5.41) is 12.5. The molecule has 16 heavy (non-hydrogen) atoms. The van der Waals surface area contributed by atoms with Crippen molar-refractivity contribution in [3.63, 3.8) is 0 Å². The van der Waals surface area contributed by atoms with Crippen LogP contribution in [0.2, 0.25) is 0 Å². The van der Waals surface area contributed by atoms with E-state index in [1.165, 1.54) is 6.20 Å². The number of nitrogens with one attached hydrogen (secondary N) is 3. The van der Waals surface area contributed by atoms with Gasteiger partial charge in [-0.1, -0.05) is 13.8 Å². The lowest BCUT2D eigenvalue weighted by atomic mass is 9.97. The monoisotopic (exact) mass is 227 g/mol. The first-order valence-corrected chi connectivity index (χ1v) is 5.29. The van der Waals surface area contributed by atoms with E-state index in [9.17, 15) is 14.7 Å². The Morgan fingerprint density at radius 1 is 1.50 bits per heavy atom. The van der Waals surface area contributed by atoms with Gasteiger partial charge in [0.25, 0.3) is 5.91 Å². The normalized spacial score (nSPS) is 11.4. The molecule has 1 amide bonds. The molecule has 0 unspecified atom stereocenters. The molecule has 6 nitrogen and oxygen atoms in total. The maximum absolute atomic E-state index is 11.5. The summed E-state index contributed by atoms with van der Waals surface area (Å²) in [5.74, 6) is -0.404. The SMILES string of the molecule is CCC(O)(CC)CNC(=O)c1c[nH]c(=O)[nH]1. The molecule has 0 saturated carbocycles. The van der Waals surface area contributed by atoms with Gasteiger partial charge in [-0.15, -0.1) is 0 Å². The second kappa shape index (κ2) is 4.98. The number of aliphatic hydroxyl groups is 1. The molecule has 1 aromatic heterocycles. The van der Waals surface area contributed by atoms with Crippen LogP contribution in [0.5, 0.6) is 0 Å². The third-order valence-electron chi connectivity index (χ3n) is 2.73. The van der Waals surface area contributed by atoms with Gasteiger partial charge in [0.15, 0.2) is 0 Å². The molecule has 0 bridgehead atoms. The van der Waals surface area contributed by atoms with Crippen molar-refractivity contribution in [2.45, 2.75) is 32.3 Å². The molecule has 0 saturated heterocycles. The Morgan fingerprint density at radius 2 is 2.12 bits per heavy atom. The molecule has 1 aromatic rings.